The summed E-state index contributed by atoms with van der Waals surface area (Å²) in [7, 11) is 0. The van der Waals surface area contributed by atoms with Gasteiger partial charge in [-0.1, -0.05) is 49.6 Å². The molecule has 1 atom stereocenters. The van der Waals surface area contributed by atoms with E-state index >= 15 is 0 Å². The molecular formula is C19H28N2O4. The minimum atomic E-state index is -1.79. The largest absolute Gasteiger partial charge is 0.465 e. The molecule has 0 spiro atoms. The molecule has 6 heteroatoms. The molecule has 0 aliphatic heterocycles. The average molecular weight is 348 g/mol. The second-order valence-corrected chi connectivity index (χ2v) is 7.50. The zero-order valence-electron chi connectivity index (χ0n) is 15.2. The quantitative estimate of drug-likeness (QED) is 0.712. The van der Waals surface area contributed by atoms with E-state index in [0.717, 1.165) is 25.7 Å². The van der Waals surface area contributed by atoms with Gasteiger partial charge in [0.1, 0.15) is 0 Å². The number of carbonyl (C=O) groups excluding carboxylic acids is 1. The minimum absolute atomic E-state index is 0.0449. The summed E-state index contributed by atoms with van der Waals surface area (Å²) in [5.41, 5.74) is -2.06. The lowest BCUT2D eigenvalue weighted by atomic mass is 9.94. The Morgan fingerprint density at radius 2 is 1.68 bits per heavy atom. The first-order chi connectivity index (χ1) is 11.7. The van der Waals surface area contributed by atoms with E-state index in [9.17, 15) is 14.7 Å². The maximum atomic E-state index is 13.2. The summed E-state index contributed by atoms with van der Waals surface area (Å²) >= 11 is 0. The average Bonchev–Trinajstić information content (AvgIpc) is 2.54. The molecule has 25 heavy (non-hydrogen) atoms. The van der Waals surface area contributed by atoms with Crippen molar-refractivity contribution in [1.82, 2.24) is 10.6 Å². The molecule has 0 saturated heterocycles. The highest BCUT2D eigenvalue weighted by atomic mass is 16.5. The van der Waals surface area contributed by atoms with Crippen molar-refractivity contribution in [3.8, 4) is 0 Å². The number of benzene rings is 1. The fraction of sp³-hybridized carbons (Fsp3) is 0.579. The lowest BCUT2D eigenvalue weighted by Gasteiger charge is -2.39. The number of carboxylic acid groups (broad SMARTS) is 1. The zero-order chi connectivity index (χ0) is 18.5. The van der Waals surface area contributed by atoms with Crippen LogP contribution in [0.5, 0.6) is 0 Å². The van der Waals surface area contributed by atoms with Gasteiger partial charge in [0.2, 0.25) is 0 Å². The molecule has 1 unspecified atom stereocenters. The van der Waals surface area contributed by atoms with Crippen LogP contribution in [-0.2, 0) is 15.3 Å². The molecule has 3 N–H and O–H groups in total. The fourth-order valence-electron chi connectivity index (χ4n) is 3.21. The number of ether oxygens (including phenoxy) is 1. The molecule has 2 amide bonds. The molecule has 2 rings (SSSR count). The Morgan fingerprint density at radius 1 is 1.08 bits per heavy atom. The van der Waals surface area contributed by atoms with Gasteiger partial charge < -0.3 is 15.2 Å². The van der Waals surface area contributed by atoms with Gasteiger partial charge in [-0.3, -0.25) is 10.1 Å². The summed E-state index contributed by atoms with van der Waals surface area (Å²) in [5, 5.41) is 14.7. The van der Waals surface area contributed by atoms with Crippen molar-refractivity contribution in [2.45, 2.75) is 70.2 Å². The number of nitrogens with one attached hydrogen (secondary N) is 2. The number of hydrogen-bond donors (Lipinski definition) is 3. The van der Waals surface area contributed by atoms with Crippen LogP contribution in [0, 0.1) is 0 Å². The number of carbonyl (C=O) groups is 2. The molecule has 1 fully saturated rings. The van der Waals surface area contributed by atoms with Gasteiger partial charge in [0.05, 0.1) is 5.60 Å². The third kappa shape index (κ3) is 5.19. The molecule has 1 aliphatic carbocycles. The predicted molar refractivity (Wildman–Crippen MR) is 95.1 cm³/mol. The van der Waals surface area contributed by atoms with Crippen molar-refractivity contribution in [2.75, 3.05) is 0 Å². The van der Waals surface area contributed by atoms with Crippen LogP contribution in [0.2, 0.25) is 0 Å². The molecule has 0 radical (unpaired) electrons. The minimum Gasteiger partial charge on any atom is -0.465 e. The SMILES string of the molecule is CC(C)(C)OC(NC(=O)O)(C(=O)NC1CCCCC1)c1ccccc1. The van der Waals surface area contributed by atoms with Crippen molar-refractivity contribution >= 4 is 12.0 Å². The summed E-state index contributed by atoms with van der Waals surface area (Å²) in [6.45, 7) is 5.38. The highest BCUT2D eigenvalue weighted by Crippen LogP contribution is 2.30. The maximum absolute atomic E-state index is 13.2. The Hall–Kier alpha value is -2.08. The molecular weight excluding hydrogens is 320 g/mol. The van der Waals surface area contributed by atoms with Gasteiger partial charge in [-0.25, -0.2) is 4.79 Å². The number of hydrogen-bond acceptors (Lipinski definition) is 3. The van der Waals surface area contributed by atoms with Crippen molar-refractivity contribution in [1.29, 1.82) is 0 Å². The third-order valence-corrected chi connectivity index (χ3v) is 4.18. The number of rotatable bonds is 5. The van der Waals surface area contributed by atoms with E-state index in [1.54, 1.807) is 45.0 Å². The third-order valence-electron chi connectivity index (χ3n) is 4.18. The monoisotopic (exact) mass is 348 g/mol. The summed E-state index contributed by atoms with van der Waals surface area (Å²) < 4.78 is 6.02. The standard InChI is InChI=1S/C19H28N2O4/c1-18(2,3)25-19(21-17(23)24,14-10-6-4-7-11-14)16(22)20-15-12-8-5-9-13-15/h4,6-7,10-11,15,21H,5,8-9,12-13H2,1-3H3,(H,20,22)(H,23,24). The normalized spacial score (nSPS) is 18.2. The fourth-order valence-corrected chi connectivity index (χ4v) is 3.21. The smallest absolute Gasteiger partial charge is 0.407 e. The van der Waals surface area contributed by atoms with Crippen LogP contribution in [0.25, 0.3) is 0 Å². The van der Waals surface area contributed by atoms with Crippen molar-refractivity contribution in [3.05, 3.63) is 35.9 Å². The van der Waals surface area contributed by atoms with Crippen molar-refractivity contribution < 1.29 is 19.4 Å². The van der Waals surface area contributed by atoms with Gasteiger partial charge in [-0.15, -0.1) is 0 Å². The molecule has 0 bridgehead atoms. The van der Waals surface area contributed by atoms with Gasteiger partial charge in [0.25, 0.3) is 11.6 Å². The van der Waals surface area contributed by atoms with Crippen LogP contribution < -0.4 is 10.6 Å². The lowest BCUT2D eigenvalue weighted by molar-refractivity contribution is -0.178. The molecule has 0 aromatic heterocycles. The molecule has 138 valence electrons. The van der Waals surface area contributed by atoms with E-state index in [4.69, 9.17) is 4.74 Å². The summed E-state index contributed by atoms with van der Waals surface area (Å²) in [4.78, 5) is 24.7. The summed E-state index contributed by atoms with van der Waals surface area (Å²) in [5.74, 6) is -0.470. The van der Waals surface area contributed by atoms with Crippen LogP contribution in [-0.4, -0.2) is 28.7 Å². The van der Waals surface area contributed by atoms with E-state index < -0.39 is 23.3 Å². The van der Waals surface area contributed by atoms with Gasteiger partial charge in [0, 0.05) is 11.6 Å². The van der Waals surface area contributed by atoms with Crippen LogP contribution in [0.1, 0.15) is 58.4 Å². The molecule has 1 aromatic rings. The second-order valence-electron chi connectivity index (χ2n) is 7.50. The van der Waals surface area contributed by atoms with Crippen molar-refractivity contribution in [2.24, 2.45) is 0 Å². The van der Waals surface area contributed by atoms with Crippen LogP contribution in [0.4, 0.5) is 4.79 Å². The van der Waals surface area contributed by atoms with Gasteiger partial charge in [0.15, 0.2) is 0 Å². The Balaban J connectivity index is 2.40. The van der Waals surface area contributed by atoms with E-state index in [-0.39, 0.29) is 6.04 Å². The highest BCUT2D eigenvalue weighted by Gasteiger charge is 2.47. The highest BCUT2D eigenvalue weighted by molar-refractivity contribution is 5.89. The lowest BCUT2D eigenvalue weighted by Crippen LogP contribution is -2.61. The van der Waals surface area contributed by atoms with Gasteiger partial charge in [-0.05, 0) is 33.6 Å². The summed E-state index contributed by atoms with van der Waals surface area (Å²) in [6, 6.07) is 8.76. The maximum Gasteiger partial charge on any atom is 0.407 e. The van der Waals surface area contributed by atoms with E-state index in [1.165, 1.54) is 6.42 Å². The Labute approximate surface area is 149 Å². The van der Waals surface area contributed by atoms with E-state index in [1.807, 2.05) is 6.07 Å². The summed E-state index contributed by atoms with van der Waals surface area (Å²) in [6.07, 6.45) is 3.79. The predicted octanol–water partition coefficient (Wildman–Crippen LogP) is 3.37. The van der Waals surface area contributed by atoms with Crippen LogP contribution in [0.3, 0.4) is 0 Å². The first-order valence-corrected chi connectivity index (χ1v) is 8.81. The van der Waals surface area contributed by atoms with Crippen LogP contribution in [0.15, 0.2) is 30.3 Å². The van der Waals surface area contributed by atoms with Gasteiger partial charge >= 0.3 is 6.09 Å². The molecule has 0 heterocycles. The Kier molecular flexibility index (Phi) is 6.06. The first-order valence-electron chi connectivity index (χ1n) is 8.81. The topological polar surface area (TPSA) is 87.7 Å². The second kappa shape index (κ2) is 7.87. The Bertz CT molecular complexity index is 591. The zero-order valence-corrected chi connectivity index (χ0v) is 15.2. The van der Waals surface area contributed by atoms with Crippen LogP contribution >= 0.6 is 0 Å². The van der Waals surface area contributed by atoms with Gasteiger partial charge in [-0.2, -0.15) is 0 Å². The molecule has 1 saturated carbocycles. The van der Waals surface area contributed by atoms with E-state index in [0.29, 0.717) is 5.56 Å². The van der Waals surface area contributed by atoms with E-state index in [2.05, 4.69) is 10.6 Å². The Morgan fingerprint density at radius 3 is 2.20 bits per heavy atom. The van der Waals surface area contributed by atoms with Crippen molar-refractivity contribution in [3.63, 3.8) is 0 Å². The molecule has 1 aromatic carbocycles. The number of amides is 2. The molecule has 6 nitrogen and oxygen atoms in total. The first kappa shape index (κ1) is 19.2. The molecule has 1 aliphatic rings.